The molecule has 0 spiro atoms. The second-order valence-electron chi connectivity index (χ2n) is 14.5. The molecule has 16 heteroatoms. The number of carbonyl (C=O) groups is 2. The van der Waals surface area contributed by atoms with Crippen molar-refractivity contribution < 1.29 is 27.9 Å². The summed E-state index contributed by atoms with van der Waals surface area (Å²) in [7, 11) is 1.60. The maximum Gasteiger partial charge on any atom is 0.421 e. The van der Waals surface area contributed by atoms with Gasteiger partial charge in [-0.3, -0.25) is 9.55 Å². The van der Waals surface area contributed by atoms with Crippen LogP contribution < -0.4 is 42.3 Å². The molecule has 302 valence electrons. The summed E-state index contributed by atoms with van der Waals surface area (Å²) in [5.74, 6) is 1.03. The highest BCUT2D eigenvalue weighted by Gasteiger charge is 2.22. The normalized spacial score (nSPS) is 11.1. The monoisotopic (exact) mass is 782 g/mol. The van der Waals surface area contributed by atoms with Gasteiger partial charge in [0.05, 0.1) is 0 Å². The van der Waals surface area contributed by atoms with Crippen LogP contribution in [0.1, 0.15) is 72.2 Å². The van der Waals surface area contributed by atoms with Crippen molar-refractivity contribution >= 4 is 45.9 Å². The van der Waals surface area contributed by atoms with Crippen molar-refractivity contribution in [2.75, 3.05) is 10.6 Å². The highest BCUT2D eigenvalue weighted by molar-refractivity contribution is 5.93. The van der Waals surface area contributed by atoms with Crippen molar-refractivity contribution in [1.29, 1.82) is 0 Å². The molecular weight excluding hydrogens is 732 g/mol. The number of benzene rings is 2. The standard InChI is InChI=1S/C21H26N4O4.C20H24N4O4/c1-10(2)23-20(26)24-16-11(3)13(5)17(14(6)12(16)4)28-15-8-9-22-19-18(15)29-21(27)25(19)7;1-9(2)22-19(25)23-15-10(3)12(5)16(13(6)11(15)4)27-14-7-8-21-18-17(14)28-20(26)24-18/h8-10H,1-7H3,(H2,23,24,26);7-9H,1-6H3,(H,21,24,26)(H2,22,23,25). The van der Waals surface area contributed by atoms with Gasteiger partial charge in [0.2, 0.25) is 11.2 Å². The van der Waals surface area contributed by atoms with Gasteiger partial charge < -0.3 is 39.6 Å². The van der Waals surface area contributed by atoms with E-state index in [0.29, 0.717) is 39.9 Å². The summed E-state index contributed by atoms with van der Waals surface area (Å²) >= 11 is 0. The number of carbonyl (C=O) groups excluding carboxylic acids is 2. The van der Waals surface area contributed by atoms with Gasteiger partial charge in [-0.1, -0.05) is 0 Å². The third kappa shape index (κ3) is 8.64. The Labute approximate surface area is 329 Å². The van der Waals surface area contributed by atoms with Gasteiger partial charge in [0.25, 0.3) is 0 Å². The van der Waals surface area contributed by atoms with Gasteiger partial charge in [0.1, 0.15) is 11.5 Å². The van der Waals surface area contributed by atoms with E-state index < -0.39 is 11.5 Å². The number of ether oxygens (including phenoxy) is 2. The molecule has 0 aliphatic rings. The molecule has 0 saturated carbocycles. The van der Waals surface area contributed by atoms with Crippen LogP contribution in [0.15, 0.2) is 42.9 Å². The fourth-order valence-electron chi connectivity index (χ4n) is 6.27. The largest absolute Gasteiger partial charge is 0.453 e. The minimum atomic E-state index is -0.588. The quantitative estimate of drug-likeness (QED) is 0.100. The first-order valence-electron chi connectivity index (χ1n) is 18.4. The summed E-state index contributed by atoms with van der Waals surface area (Å²) < 4.78 is 24.1. The summed E-state index contributed by atoms with van der Waals surface area (Å²) in [6.07, 6.45) is 3.11. The number of fused-ring (bicyclic) bond motifs is 2. The highest BCUT2D eigenvalue weighted by atomic mass is 16.5. The molecule has 4 aromatic heterocycles. The summed E-state index contributed by atoms with van der Waals surface area (Å²) in [4.78, 5) is 58.5. The highest BCUT2D eigenvalue weighted by Crippen LogP contribution is 2.41. The zero-order valence-electron chi connectivity index (χ0n) is 34.6. The van der Waals surface area contributed by atoms with Gasteiger partial charge in [-0.25, -0.2) is 29.1 Å². The smallest absolute Gasteiger partial charge is 0.421 e. The Morgan fingerprint density at radius 2 is 1.07 bits per heavy atom. The molecule has 0 unspecified atom stereocenters. The first kappa shape index (κ1) is 41.6. The summed E-state index contributed by atoms with van der Waals surface area (Å²) in [6.45, 7) is 23.1. The van der Waals surface area contributed by atoms with Crippen LogP contribution in [0.2, 0.25) is 0 Å². The second-order valence-corrected chi connectivity index (χ2v) is 14.5. The Hall–Kier alpha value is -6.58. The average Bonchev–Trinajstić information content (AvgIpc) is 3.68. The Morgan fingerprint density at radius 1 is 0.649 bits per heavy atom. The number of H-pyrrole nitrogens is 1. The number of anilines is 2. The summed E-state index contributed by atoms with van der Waals surface area (Å²) in [5, 5.41) is 11.5. The molecule has 6 rings (SSSR count). The predicted octanol–water partition coefficient (Wildman–Crippen LogP) is 8.15. The summed E-state index contributed by atoms with van der Waals surface area (Å²) in [6, 6.07) is 2.88. The topological polar surface area (TPSA) is 208 Å². The van der Waals surface area contributed by atoms with E-state index in [4.69, 9.17) is 18.3 Å². The van der Waals surface area contributed by atoms with E-state index in [9.17, 15) is 19.2 Å². The Bertz CT molecular complexity index is 2570. The van der Waals surface area contributed by atoms with Crippen molar-refractivity contribution in [1.82, 2.24) is 30.2 Å². The lowest BCUT2D eigenvalue weighted by molar-refractivity contribution is 0.249. The van der Waals surface area contributed by atoms with Crippen LogP contribution in [0.3, 0.4) is 0 Å². The van der Waals surface area contributed by atoms with Gasteiger partial charge in [-0.2, -0.15) is 0 Å². The van der Waals surface area contributed by atoms with Gasteiger partial charge in [-0.15, -0.1) is 0 Å². The lowest BCUT2D eigenvalue weighted by atomic mass is 9.97. The number of hydrogen-bond acceptors (Lipinski definition) is 10. The number of nitrogens with zero attached hydrogens (tertiary/aromatic N) is 3. The van der Waals surface area contributed by atoms with E-state index in [-0.39, 0.29) is 29.7 Å². The van der Waals surface area contributed by atoms with Crippen molar-refractivity contribution in [3.8, 4) is 23.0 Å². The first-order valence-corrected chi connectivity index (χ1v) is 18.4. The van der Waals surface area contributed by atoms with E-state index in [1.165, 1.54) is 4.57 Å². The lowest BCUT2D eigenvalue weighted by Gasteiger charge is -2.21. The van der Waals surface area contributed by atoms with E-state index in [1.54, 1.807) is 31.6 Å². The third-order valence-corrected chi connectivity index (χ3v) is 9.77. The third-order valence-electron chi connectivity index (χ3n) is 9.77. The molecule has 2 aromatic carbocycles. The van der Waals surface area contributed by atoms with Gasteiger partial charge in [-0.05, 0) is 128 Å². The van der Waals surface area contributed by atoms with Crippen LogP contribution in [0, 0.1) is 55.4 Å². The molecule has 4 heterocycles. The molecule has 0 aliphatic carbocycles. The number of oxazole rings is 2. The van der Waals surface area contributed by atoms with Gasteiger partial charge >= 0.3 is 23.6 Å². The van der Waals surface area contributed by atoms with Gasteiger partial charge in [0, 0.05) is 55.0 Å². The number of nitrogens with one attached hydrogen (secondary N) is 5. The molecule has 4 amide bonds. The first-order chi connectivity index (χ1) is 26.8. The number of pyridine rings is 2. The number of amides is 4. The van der Waals surface area contributed by atoms with Crippen LogP contribution >= 0.6 is 0 Å². The maximum absolute atomic E-state index is 12.2. The van der Waals surface area contributed by atoms with E-state index >= 15 is 0 Å². The Balaban J connectivity index is 0.000000218. The van der Waals surface area contributed by atoms with Crippen molar-refractivity contribution in [2.45, 2.75) is 95.2 Å². The molecule has 0 radical (unpaired) electrons. The van der Waals surface area contributed by atoms with E-state index in [0.717, 1.165) is 55.9 Å². The van der Waals surface area contributed by atoms with Crippen LogP contribution in [0.5, 0.6) is 23.0 Å². The van der Waals surface area contributed by atoms with Crippen molar-refractivity contribution in [2.24, 2.45) is 7.05 Å². The molecule has 0 aliphatic heterocycles. The van der Waals surface area contributed by atoms with E-state index in [2.05, 4.69) is 36.2 Å². The van der Waals surface area contributed by atoms with Crippen LogP contribution in [-0.4, -0.2) is 43.7 Å². The molecule has 57 heavy (non-hydrogen) atoms. The fraction of sp³-hybridized carbons (Fsp3) is 0.366. The molecule has 5 N–H and O–H groups in total. The zero-order valence-corrected chi connectivity index (χ0v) is 34.6. The van der Waals surface area contributed by atoms with Crippen LogP contribution in [-0.2, 0) is 7.05 Å². The fourth-order valence-corrected chi connectivity index (χ4v) is 6.27. The maximum atomic E-state index is 12.2. The average molecular weight is 783 g/mol. The van der Waals surface area contributed by atoms with Crippen molar-refractivity contribution in [3.05, 3.63) is 90.1 Å². The molecular formula is C41H50N8O8. The second kappa shape index (κ2) is 16.6. The zero-order chi connectivity index (χ0) is 42.0. The molecule has 6 aromatic rings. The van der Waals surface area contributed by atoms with Gasteiger partial charge in [0.15, 0.2) is 22.8 Å². The minimum absolute atomic E-state index is 0.0371. The number of aromatic amines is 1. The van der Waals surface area contributed by atoms with E-state index in [1.807, 2.05) is 83.1 Å². The number of hydrogen-bond donors (Lipinski definition) is 5. The SMILES string of the molecule is Cc1c(C)c(Oc2ccnc3[nH]c(=O)oc23)c(C)c(C)c1NC(=O)NC(C)C.Cc1c(C)c(Oc2ccnc3c2oc(=O)n3C)c(C)c(C)c1NC(=O)NC(C)C. The molecule has 0 atom stereocenters. The predicted molar refractivity (Wildman–Crippen MR) is 219 cm³/mol. The Kier molecular flexibility index (Phi) is 12.1. The Morgan fingerprint density at radius 3 is 1.51 bits per heavy atom. The number of aromatic nitrogens is 4. The number of rotatable bonds is 8. The number of urea groups is 2. The molecule has 0 saturated heterocycles. The van der Waals surface area contributed by atoms with Crippen LogP contribution in [0.25, 0.3) is 22.5 Å². The summed E-state index contributed by atoms with van der Waals surface area (Å²) in [5.41, 5.74) is 9.97. The number of aryl methyl sites for hydroxylation is 1. The lowest BCUT2D eigenvalue weighted by Crippen LogP contribution is -2.34. The molecule has 0 bridgehead atoms. The minimum Gasteiger partial charge on any atom is -0.453 e. The molecule has 16 nitrogen and oxygen atoms in total. The van der Waals surface area contributed by atoms with Crippen LogP contribution in [0.4, 0.5) is 21.0 Å². The molecule has 0 fully saturated rings. The van der Waals surface area contributed by atoms with Crippen molar-refractivity contribution in [3.63, 3.8) is 0 Å².